The lowest BCUT2D eigenvalue weighted by molar-refractivity contribution is -0.139. The number of amides is 2. The summed E-state index contributed by atoms with van der Waals surface area (Å²) in [6.45, 7) is 3.31. The standard InChI is InChI=1S/C25H41N5O6S2/c31-22(28-16-21(25(33)34)30-38(35,36)23-2-1-15-37-23)17-29-24(32)20(5-3-18-7-11-26-12-8-18)6-4-19-9-13-27-14-10-19/h1-2,15,18-21,26-27,30H,3-14,16-17H2,(H,28,31)(H,29,32)(H,33,34). The third-order valence-electron chi connectivity index (χ3n) is 7.42. The van der Waals surface area contributed by atoms with Gasteiger partial charge >= 0.3 is 5.97 Å². The van der Waals surface area contributed by atoms with Gasteiger partial charge in [0, 0.05) is 12.5 Å². The summed E-state index contributed by atoms with van der Waals surface area (Å²) in [6, 6.07) is 1.38. The maximum Gasteiger partial charge on any atom is 0.323 e. The molecule has 0 aromatic carbocycles. The van der Waals surface area contributed by atoms with Crippen LogP contribution in [0.15, 0.2) is 21.7 Å². The number of rotatable bonds is 15. The van der Waals surface area contributed by atoms with Crippen LogP contribution in [0, 0.1) is 17.8 Å². The Morgan fingerprint density at radius 3 is 2.05 bits per heavy atom. The first-order valence-electron chi connectivity index (χ1n) is 13.5. The summed E-state index contributed by atoms with van der Waals surface area (Å²) < 4.78 is 26.8. The zero-order valence-electron chi connectivity index (χ0n) is 21.7. The molecule has 3 rings (SSSR count). The minimum absolute atomic E-state index is 0.0117. The summed E-state index contributed by atoms with van der Waals surface area (Å²) in [4.78, 5) is 37.0. The first kappa shape index (κ1) is 30.5. The summed E-state index contributed by atoms with van der Waals surface area (Å²) in [5, 5.41) is 22.9. The average molecular weight is 572 g/mol. The summed E-state index contributed by atoms with van der Waals surface area (Å²) >= 11 is 0.963. The molecule has 2 saturated heterocycles. The summed E-state index contributed by atoms with van der Waals surface area (Å²) in [7, 11) is -4.02. The van der Waals surface area contributed by atoms with Gasteiger partial charge in [-0.05, 0) is 101 Å². The Hall–Kier alpha value is -2.06. The summed E-state index contributed by atoms with van der Waals surface area (Å²) in [5.74, 6) is -1.09. The van der Waals surface area contributed by atoms with Crippen molar-refractivity contribution in [2.45, 2.75) is 61.6 Å². The Morgan fingerprint density at radius 2 is 1.55 bits per heavy atom. The normalized spacial score (nSPS) is 18.2. The highest BCUT2D eigenvalue weighted by molar-refractivity contribution is 7.91. The number of hydrogen-bond acceptors (Lipinski definition) is 8. The van der Waals surface area contributed by atoms with Crippen LogP contribution in [0.4, 0.5) is 0 Å². The number of piperidine rings is 2. The fraction of sp³-hybridized carbons (Fsp3) is 0.720. The second-order valence-electron chi connectivity index (χ2n) is 10.2. The van der Waals surface area contributed by atoms with Crippen molar-refractivity contribution in [3.05, 3.63) is 17.5 Å². The topological polar surface area (TPSA) is 166 Å². The minimum Gasteiger partial charge on any atom is -0.480 e. The van der Waals surface area contributed by atoms with Gasteiger partial charge in [-0.3, -0.25) is 14.4 Å². The number of thiophene rings is 1. The van der Waals surface area contributed by atoms with Gasteiger partial charge in [0.25, 0.3) is 10.0 Å². The zero-order valence-corrected chi connectivity index (χ0v) is 23.4. The number of carboxylic acids is 1. The van der Waals surface area contributed by atoms with Crippen molar-refractivity contribution in [1.29, 1.82) is 0 Å². The van der Waals surface area contributed by atoms with E-state index >= 15 is 0 Å². The first-order chi connectivity index (χ1) is 18.2. The van der Waals surface area contributed by atoms with Gasteiger partial charge < -0.3 is 26.4 Å². The number of sulfonamides is 1. The quantitative estimate of drug-likeness (QED) is 0.181. The molecule has 0 bridgehead atoms. The second kappa shape index (κ2) is 15.5. The van der Waals surface area contributed by atoms with Crippen LogP contribution < -0.4 is 26.0 Å². The van der Waals surface area contributed by atoms with Crippen LogP contribution >= 0.6 is 11.3 Å². The number of hydrogen-bond donors (Lipinski definition) is 6. The minimum atomic E-state index is -4.02. The van der Waals surface area contributed by atoms with Gasteiger partial charge in [0.05, 0.1) is 6.54 Å². The van der Waals surface area contributed by atoms with Crippen molar-refractivity contribution in [1.82, 2.24) is 26.0 Å². The molecule has 1 aromatic heterocycles. The molecule has 1 atom stereocenters. The highest BCUT2D eigenvalue weighted by Gasteiger charge is 2.27. The molecule has 11 nitrogen and oxygen atoms in total. The van der Waals surface area contributed by atoms with E-state index in [1.54, 1.807) is 11.4 Å². The van der Waals surface area contributed by atoms with E-state index in [1.165, 1.54) is 6.07 Å². The van der Waals surface area contributed by atoms with Gasteiger partial charge in [0.1, 0.15) is 10.3 Å². The number of carboxylic acid groups (broad SMARTS) is 1. The number of carbonyl (C=O) groups is 3. The number of aliphatic carboxylic acids is 1. The van der Waals surface area contributed by atoms with Crippen molar-refractivity contribution in [2.24, 2.45) is 17.8 Å². The van der Waals surface area contributed by atoms with Crippen LogP contribution in [0.25, 0.3) is 0 Å². The van der Waals surface area contributed by atoms with Gasteiger partial charge in [0.2, 0.25) is 11.8 Å². The molecule has 2 aliphatic rings. The van der Waals surface area contributed by atoms with Crippen LogP contribution in [-0.4, -0.2) is 76.6 Å². The molecule has 1 aromatic rings. The number of nitrogens with one attached hydrogen (secondary N) is 5. The Balaban J connectivity index is 1.47. The van der Waals surface area contributed by atoms with Crippen molar-refractivity contribution >= 4 is 39.1 Å². The van der Waals surface area contributed by atoms with Crippen molar-refractivity contribution in [3.8, 4) is 0 Å². The van der Waals surface area contributed by atoms with E-state index in [9.17, 15) is 27.9 Å². The van der Waals surface area contributed by atoms with E-state index in [-0.39, 0.29) is 22.6 Å². The van der Waals surface area contributed by atoms with Crippen LogP contribution in [0.2, 0.25) is 0 Å². The van der Waals surface area contributed by atoms with Gasteiger partial charge in [-0.2, -0.15) is 4.72 Å². The molecular formula is C25H41N5O6S2. The maximum atomic E-state index is 13.1. The molecule has 38 heavy (non-hydrogen) atoms. The van der Waals surface area contributed by atoms with Gasteiger partial charge in [-0.1, -0.05) is 6.07 Å². The van der Waals surface area contributed by atoms with Crippen molar-refractivity contribution in [2.75, 3.05) is 39.3 Å². The van der Waals surface area contributed by atoms with E-state index < -0.39 is 34.5 Å². The highest BCUT2D eigenvalue weighted by atomic mass is 32.2. The Labute approximate surface area is 229 Å². The second-order valence-corrected chi connectivity index (χ2v) is 13.1. The van der Waals surface area contributed by atoms with E-state index in [0.29, 0.717) is 11.8 Å². The fourth-order valence-corrected chi connectivity index (χ4v) is 7.25. The van der Waals surface area contributed by atoms with Crippen LogP contribution in [0.3, 0.4) is 0 Å². The fourth-order valence-electron chi connectivity index (χ4n) is 5.05. The molecule has 2 aliphatic heterocycles. The predicted molar refractivity (Wildman–Crippen MR) is 145 cm³/mol. The molecule has 0 aliphatic carbocycles. The molecule has 0 radical (unpaired) electrons. The Morgan fingerprint density at radius 1 is 0.974 bits per heavy atom. The predicted octanol–water partition coefficient (Wildman–Crippen LogP) is 0.888. The third kappa shape index (κ3) is 10.3. The largest absolute Gasteiger partial charge is 0.480 e. The van der Waals surface area contributed by atoms with E-state index in [0.717, 1.165) is 88.9 Å². The summed E-state index contributed by atoms with van der Waals surface area (Å²) in [6.07, 6.45) is 8.02. The molecular weight excluding hydrogens is 530 g/mol. The highest BCUT2D eigenvalue weighted by Crippen LogP contribution is 2.26. The Bertz CT molecular complexity index is 970. The van der Waals surface area contributed by atoms with Gasteiger partial charge in [-0.15, -0.1) is 11.3 Å². The number of carbonyl (C=O) groups excluding carboxylic acids is 2. The lowest BCUT2D eigenvalue weighted by Crippen LogP contribution is -2.50. The van der Waals surface area contributed by atoms with Gasteiger partial charge in [-0.25, -0.2) is 8.42 Å². The monoisotopic (exact) mass is 571 g/mol. The SMILES string of the molecule is O=C(CNC(=O)C(CCC1CCNCC1)CCC1CCNCC1)NCC(NS(=O)(=O)c1cccs1)C(=O)O. The lowest BCUT2D eigenvalue weighted by atomic mass is 9.84. The zero-order chi connectivity index (χ0) is 27.4. The molecule has 2 fully saturated rings. The lowest BCUT2D eigenvalue weighted by Gasteiger charge is -2.27. The molecule has 0 saturated carbocycles. The Kier molecular flexibility index (Phi) is 12.4. The van der Waals surface area contributed by atoms with E-state index in [4.69, 9.17) is 0 Å². The smallest absolute Gasteiger partial charge is 0.323 e. The van der Waals surface area contributed by atoms with E-state index in [2.05, 4.69) is 26.0 Å². The summed E-state index contributed by atoms with van der Waals surface area (Å²) in [5.41, 5.74) is 0. The van der Waals surface area contributed by atoms with Crippen LogP contribution in [0.1, 0.15) is 51.4 Å². The average Bonchev–Trinajstić information content (AvgIpc) is 3.47. The van der Waals surface area contributed by atoms with Crippen LogP contribution in [-0.2, 0) is 24.4 Å². The molecule has 6 N–H and O–H groups in total. The van der Waals surface area contributed by atoms with Crippen LogP contribution in [0.5, 0.6) is 0 Å². The molecule has 2 amide bonds. The van der Waals surface area contributed by atoms with Gasteiger partial charge in [0.15, 0.2) is 0 Å². The van der Waals surface area contributed by atoms with Crippen molar-refractivity contribution in [3.63, 3.8) is 0 Å². The molecule has 3 heterocycles. The molecule has 0 spiro atoms. The van der Waals surface area contributed by atoms with Crippen molar-refractivity contribution < 1.29 is 27.9 Å². The third-order valence-corrected chi connectivity index (χ3v) is 10.3. The molecule has 1 unspecified atom stereocenters. The molecule has 13 heteroatoms. The maximum absolute atomic E-state index is 13.1. The molecule has 214 valence electrons. The first-order valence-corrected chi connectivity index (χ1v) is 15.9. The van der Waals surface area contributed by atoms with E-state index in [1.807, 2.05) is 0 Å².